The normalized spacial score (nSPS) is 25.8. The summed E-state index contributed by atoms with van der Waals surface area (Å²) in [5, 5.41) is 3.43. The van der Waals surface area contributed by atoms with Gasteiger partial charge in [0.05, 0.1) is 0 Å². The molecule has 2 nitrogen and oxygen atoms in total. The molecule has 1 saturated heterocycles. The van der Waals surface area contributed by atoms with Gasteiger partial charge in [-0.05, 0) is 61.9 Å². The van der Waals surface area contributed by atoms with Crippen LogP contribution in [0.4, 0.5) is 5.69 Å². The van der Waals surface area contributed by atoms with E-state index < -0.39 is 0 Å². The molecule has 1 aliphatic heterocycles. The third-order valence-electron chi connectivity index (χ3n) is 5.23. The number of nitrogens with zero attached hydrogens (tertiary/aromatic N) is 1. The average molecular weight is 272 g/mol. The zero-order valence-corrected chi connectivity index (χ0v) is 13.0. The van der Waals surface area contributed by atoms with Crippen LogP contribution in [0.5, 0.6) is 0 Å². The second kappa shape index (κ2) is 6.17. The predicted molar refractivity (Wildman–Crippen MR) is 86.3 cm³/mol. The summed E-state index contributed by atoms with van der Waals surface area (Å²) in [5.41, 5.74) is 4.33. The van der Waals surface area contributed by atoms with E-state index in [2.05, 4.69) is 42.3 Å². The Labute approximate surface area is 123 Å². The second-order valence-electron chi connectivity index (χ2n) is 6.49. The van der Waals surface area contributed by atoms with E-state index in [1.54, 1.807) is 0 Å². The third kappa shape index (κ3) is 2.71. The summed E-state index contributed by atoms with van der Waals surface area (Å²) in [7, 11) is 0. The Morgan fingerprint density at radius 3 is 2.85 bits per heavy atom. The fourth-order valence-electron chi connectivity index (χ4n) is 4.04. The van der Waals surface area contributed by atoms with E-state index in [1.807, 2.05) is 0 Å². The molecule has 2 unspecified atom stereocenters. The van der Waals surface area contributed by atoms with Crippen LogP contribution >= 0.6 is 0 Å². The lowest BCUT2D eigenvalue weighted by atomic mass is 9.85. The number of benzene rings is 1. The van der Waals surface area contributed by atoms with Gasteiger partial charge in [0.2, 0.25) is 0 Å². The van der Waals surface area contributed by atoms with Crippen LogP contribution in [0.25, 0.3) is 0 Å². The molecule has 20 heavy (non-hydrogen) atoms. The highest BCUT2D eigenvalue weighted by Gasteiger charge is 2.35. The topological polar surface area (TPSA) is 15.3 Å². The summed E-state index contributed by atoms with van der Waals surface area (Å²) in [5.74, 6) is 0.963. The van der Waals surface area contributed by atoms with Gasteiger partial charge in [-0.15, -0.1) is 0 Å². The number of rotatable bonds is 4. The lowest BCUT2D eigenvalue weighted by Gasteiger charge is -2.33. The maximum Gasteiger partial charge on any atom is 0.0371 e. The van der Waals surface area contributed by atoms with Crippen LogP contribution in [-0.2, 0) is 6.54 Å². The number of anilines is 1. The van der Waals surface area contributed by atoms with Gasteiger partial charge >= 0.3 is 0 Å². The Kier molecular flexibility index (Phi) is 4.30. The highest BCUT2D eigenvalue weighted by Crippen LogP contribution is 2.39. The van der Waals surface area contributed by atoms with Crippen LogP contribution in [0, 0.1) is 12.8 Å². The van der Waals surface area contributed by atoms with Gasteiger partial charge in [0.15, 0.2) is 0 Å². The molecule has 1 saturated carbocycles. The molecule has 3 rings (SSSR count). The third-order valence-corrected chi connectivity index (χ3v) is 5.23. The number of hydrogen-bond donors (Lipinski definition) is 1. The highest BCUT2D eigenvalue weighted by atomic mass is 15.2. The lowest BCUT2D eigenvalue weighted by molar-refractivity contribution is 0.342. The summed E-state index contributed by atoms with van der Waals surface area (Å²) in [6.07, 6.45) is 7.15. The van der Waals surface area contributed by atoms with Crippen molar-refractivity contribution in [2.75, 3.05) is 18.0 Å². The van der Waals surface area contributed by atoms with E-state index in [4.69, 9.17) is 0 Å². The Morgan fingerprint density at radius 1 is 1.20 bits per heavy atom. The zero-order chi connectivity index (χ0) is 13.9. The van der Waals surface area contributed by atoms with Crippen LogP contribution in [0.2, 0.25) is 0 Å². The van der Waals surface area contributed by atoms with Gasteiger partial charge in [-0.2, -0.15) is 0 Å². The molecule has 110 valence electrons. The average Bonchev–Trinajstić information content (AvgIpc) is 2.90. The van der Waals surface area contributed by atoms with Crippen molar-refractivity contribution >= 4 is 5.69 Å². The van der Waals surface area contributed by atoms with Crippen LogP contribution in [0.15, 0.2) is 18.2 Å². The first kappa shape index (κ1) is 13.9. The summed E-state index contributed by atoms with van der Waals surface area (Å²) in [6.45, 7) is 7.72. The van der Waals surface area contributed by atoms with E-state index >= 15 is 0 Å². The van der Waals surface area contributed by atoms with Crippen molar-refractivity contribution in [2.45, 2.75) is 58.5 Å². The summed E-state index contributed by atoms with van der Waals surface area (Å²) >= 11 is 0. The molecule has 2 heteroatoms. The van der Waals surface area contributed by atoms with Crippen LogP contribution in [0.3, 0.4) is 0 Å². The largest absolute Gasteiger partial charge is 0.368 e. The molecule has 1 aromatic rings. The van der Waals surface area contributed by atoms with Crippen molar-refractivity contribution in [1.29, 1.82) is 0 Å². The molecular weight excluding hydrogens is 244 g/mol. The number of hydrogen-bond acceptors (Lipinski definition) is 2. The summed E-state index contributed by atoms with van der Waals surface area (Å²) in [6, 6.07) is 7.90. The molecule has 0 amide bonds. The minimum Gasteiger partial charge on any atom is -0.368 e. The van der Waals surface area contributed by atoms with E-state index in [1.165, 1.54) is 55.5 Å². The molecule has 0 spiro atoms. The number of aryl methyl sites for hydroxylation is 1. The van der Waals surface area contributed by atoms with Gasteiger partial charge in [0.1, 0.15) is 0 Å². The fraction of sp³-hybridized carbons (Fsp3) is 0.667. The van der Waals surface area contributed by atoms with Gasteiger partial charge in [-0.25, -0.2) is 0 Å². The Bertz CT molecular complexity index is 455. The first-order valence-corrected chi connectivity index (χ1v) is 8.36. The molecule has 2 aliphatic rings. The van der Waals surface area contributed by atoms with Crippen LogP contribution in [0.1, 0.15) is 50.2 Å². The molecule has 0 radical (unpaired) electrons. The Balaban J connectivity index is 1.75. The van der Waals surface area contributed by atoms with Crippen molar-refractivity contribution < 1.29 is 0 Å². The summed E-state index contributed by atoms with van der Waals surface area (Å²) < 4.78 is 0. The molecule has 0 aromatic heterocycles. The van der Waals surface area contributed by atoms with Gasteiger partial charge in [-0.1, -0.05) is 25.8 Å². The SMILES string of the molecule is CCNCc1ccc(N2CCC3CCCCC32)cc1C. The first-order chi connectivity index (χ1) is 9.79. The van der Waals surface area contributed by atoms with Crippen molar-refractivity contribution in [3.05, 3.63) is 29.3 Å². The summed E-state index contributed by atoms with van der Waals surface area (Å²) in [4.78, 5) is 2.69. The zero-order valence-electron chi connectivity index (χ0n) is 13.0. The van der Waals surface area contributed by atoms with E-state index in [9.17, 15) is 0 Å². The molecule has 2 atom stereocenters. The predicted octanol–water partition coefficient (Wildman–Crippen LogP) is 3.87. The van der Waals surface area contributed by atoms with E-state index in [0.717, 1.165) is 25.0 Å². The van der Waals surface area contributed by atoms with Crippen molar-refractivity contribution in [2.24, 2.45) is 5.92 Å². The number of fused-ring (bicyclic) bond motifs is 1. The smallest absolute Gasteiger partial charge is 0.0371 e. The maximum atomic E-state index is 3.43. The monoisotopic (exact) mass is 272 g/mol. The molecule has 1 aliphatic carbocycles. The standard InChI is InChI=1S/C18H28N2/c1-3-19-13-16-8-9-17(12-14(16)2)20-11-10-15-6-4-5-7-18(15)20/h8-9,12,15,18-19H,3-7,10-11,13H2,1-2H3. The Morgan fingerprint density at radius 2 is 2.05 bits per heavy atom. The maximum absolute atomic E-state index is 3.43. The Hall–Kier alpha value is -1.02. The first-order valence-electron chi connectivity index (χ1n) is 8.36. The van der Waals surface area contributed by atoms with Crippen molar-refractivity contribution in [3.63, 3.8) is 0 Å². The second-order valence-corrected chi connectivity index (χ2v) is 6.49. The van der Waals surface area contributed by atoms with Gasteiger partial charge < -0.3 is 10.2 Å². The minimum absolute atomic E-state index is 0.822. The number of nitrogens with one attached hydrogen (secondary N) is 1. The van der Waals surface area contributed by atoms with Crippen molar-refractivity contribution in [3.8, 4) is 0 Å². The molecule has 1 heterocycles. The van der Waals surface area contributed by atoms with Crippen molar-refractivity contribution in [1.82, 2.24) is 5.32 Å². The molecule has 0 bridgehead atoms. The van der Waals surface area contributed by atoms with E-state index in [0.29, 0.717) is 0 Å². The highest BCUT2D eigenvalue weighted by molar-refractivity contribution is 5.52. The van der Waals surface area contributed by atoms with Gasteiger partial charge in [-0.3, -0.25) is 0 Å². The molecule has 1 aromatic carbocycles. The molecular formula is C18H28N2. The lowest BCUT2D eigenvalue weighted by Crippen LogP contribution is -2.34. The molecule has 1 N–H and O–H groups in total. The van der Waals surface area contributed by atoms with Gasteiger partial charge in [0.25, 0.3) is 0 Å². The van der Waals surface area contributed by atoms with Crippen LogP contribution < -0.4 is 10.2 Å². The fourth-order valence-corrected chi connectivity index (χ4v) is 4.04. The van der Waals surface area contributed by atoms with Crippen LogP contribution in [-0.4, -0.2) is 19.1 Å². The molecule has 2 fully saturated rings. The quantitative estimate of drug-likeness (QED) is 0.895. The van der Waals surface area contributed by atoms with E-state index in [-0.39, 0.29) is 0 Å². The van der Waals surface area contributed by atoms with Gasteiger partial charge in [0, 0.05) is 24.8 Å². The minimum atomic E-state index is 0.822.